The van der Waals surface area contributed by atoms with Crippen LogP contribution in [0.15, 0.2) is 30.3 Å². The lowest BCUT2D eigenvalue weighted by Crippen LogP contribution is -2.52. The van der Waals surface area contributed by atoms with Gasteiger partial charge in [-0.25, -0.2) is 5.14 Å². The number of rotatable bonds is 3. The van der Waals surface area contributed by atoms with Crippen molar-refractivity contribution in [3.05, 3.63) is 35.9 Å². The first kappa shape index (κ1) is 14.0. The van der Waals surface area contributed by atoms with Crippen LogP contribution in [0.2, 0.25) is 0 Å². The van der Waals surface area contributed by atoms with Gasteiger partial charge < -0.3 is 5.73 Å². The fourth-order valence-corrected chi connectivity index (χ4v) is 3.25. The first-order chi connectivity index (χ1) is 8.86. The molecule has 1 aliphatic rings. The molecule has 0 aromatic heterocycles. The van der Waals surface area contributed by atoms with Crippen molar-refractivity contribution in [2.45, 2.75) is 18.3 Å². The number of piperidine rings is 1. The molecule has 6 nitrogen and oxygen atoms in total. The minimum atomic E-state index is -3.70. The van der Waals surface area contributed by atoms with Crippen LogP contribution >= 0.6 is 0 Å². The van der Waals surface area contributed by atoms with Crippen LogP contribution in [0.5, 0.6) is 0 Å². The van der Waals surface area contributed by atoms with Gasteiger partial charge in [0, 0.05) is 13.1 Å². The molecule has 0 atom stereocenters. The van der Waals surface area contributed by atoms with Crippen LogP contribution in [0.25, 0.3) is 0 Å². The van der Waals surface area contributed by atoms with Crippen molar-refractivity contribution in [1.29, 1.82) is 0 Å². The van der Waals surface area contributed by atoms with E-state index in [4.69, 9.17) is 10.9 Å². The molecule has 0 unspecified atom stereocenters. The molecule has 0 radical (unpaired) electrons. The van der Waals surface area contributed by atoms with E-state index in [0.29, 0.717) is 12.8 Å². The average molecular weight is 283 g/mol. The van der Waals surface area contributed by atoms with Crippen LogP contribution < -0.4 is 10.9 Å². The van der Waals surface area contributed by atoms with Gasteiger partial charge in [-0.3, -0.25) is 4.79 Å². The van der Waals surface area contributed by atoms with Gasteiger partial charge in [-0.2, -0.15) is 12.7 Å². The number of amides is 1. The van der Waals surface area contributed by atoms with Crippen molar-refractivity contribution in [2.75, 3.05) is 13.1 Å². The van der Waals surface area contributed by atoms with Crippen LogP contribution in [0.4, 0.5) is 0 Å². The molecule has 1 aliphatic heterocycles. The molecule has 7 heteroatoms. The van der Waals surface area contributed by atoms with E-state index >= 15 is 0 Å². The highest BCUT2D eigenvalue weighted by Crippen LogP contribution is 2.35. The first-order valence-electron chi connectivity index (χ1n) is 5.99. The predicted octanol–water partition coefficient (Wildman–Crippen LogP) is -0.291. The topological polar surface area (TPSA) is 106 Å². The highest BCUT2D eigenvalue weighted by molar-refractivity contribution is 7.86. The summed E-state index contributed by atoms with van der Waals surface area (Å²) in [6.07, 6.45) is 0.700. The van der Waals surface area contributed by atoms with Gasteiger partial charge >= 0.3 is 0 Å². The van der Waals surface area contributed by atoms with Gasteiger partial charge in [0.2, 0.25) is 5.91 Å². The van der Waals surface area contributed by atoms with E-state index in [-0.39, 0.29) is 13.1 Å². The van der Waals surface area contributed by atoms with E-state index in [1.54, 1.807) is 0 Å². The maximum Gasteiger partial charge on any atom is 0.276 e. The second-order valence-corrected chi connectivity index (χ2v) is 6.30. The summed E-state index contributed by atoms with van der Waals surface area (Å²) < 4.78 is 23.8. The Labute approximate surface area is 112 Å². The first-order valence-corrected chi connectivity index (χ1v) is 7.50. The van der Waals surface area contributed by atoms with Crippen molar-refractivity contribution in [2.24, 2.45) is 10.9 Å². The van der Waals surface area contributed by atoms with Crippen molar-refractivity contribution in [1.82, 2.24) is 4.31 Å². The average Bonchev–Trinajstić information content (AvgIpc) is 2.38. The van der Waals surface area contributed by atoms with Crippen molar-refractivity contribution in [3.8, 4) is 0 Å². The van der Waals surface area contributed by atoms with Gasteiger partial charge in [0.05, 0.1) is 5.41 Å². The van der Waals surface area contributed by atoms with Gasteiger partial charge in [0.15, 0.2) is 0 Å². The van der Waals surface area contributed by atoms with Crippen LogP contribution in [0.3, 0.4) is 0 Å². The number of nitrogens with zero attached hydrogens (tertiary/aromatic N) is 1. The Morgan fingerprint density at radius 2 is 1.68 bits per heavy atom. The van der Waals surface area contributed by atoms with E-state index in [1.165, 1.54) is 4.31 Å². The monoisotopic (exact) mass is 283 g/mol. The number of carbonyl (C=O) groups excluding carboxylic acids is 1. The highest BCUT2D eigenvalue weighted by Gasteiger charge is 2.43. The summed E-state index contributed by atoms with van der Waals surface area (Å²) in [5, 5.41) is 5.10. The van der Waals surface area contributed by atoms with Crippen molar-refractivity contribution in [3.63, 3.8) is 0 Å². The molecule has 19 heavy (non-hydrogen) atoms. The van der Waals surface area contributed by atoms with Crippen LogP contribution in [-0.4, -0.2) is 31.7 Å². The van der Waals surface area contributed by atoms with Gasteiger partial charge in [-0.15, -0.1) is 0 Å². The smallest absolute Gasteiger partial charge is 0.276 e. The van der Waals surface area contributed by atoms with Gasteiger partial charge in [0.25, 0.3) is 10.2 Å². The Hall–Kier alpha value is -1.44. The molecule has 1 amide bonds. The zero-order valence-corrected chi connectivity index (χ0v) is 11.3. The van der Waals surface area contributed by atoms with Crippen LogP contribution in [0, 0.1) is 0 Å². The minimum absolute atomic E-state index is 0.205. The molecule has 0 aliphatic carbocycles. The predicted molar refractivity (Wildman–Crippen MR) is 71.2 cm³/mol. The Morgan fingerprint density at radius 3 is 2.11 bits per heavy atom. The number of carbonyl (C=O) groups is 1. The van der Waals surface area contributed by atoms with Crippen LogP contribution in [0.1, 0.15) is 18.4 Å². The molecule has 1 aromatic rings. The highest BCUT2D eigenvalue weighted by atomic mass is 32.2. The van der Waals surface area contributed by atoms with Gasteiger partial charge in [-0.05, 0) is 18.4 Å². The van der Waals surface area contributed by atoms with E-state index in [9.17, 15) is 13.2 Å². The fraction of sp³-hybridized carbons (Fsp3) is 0.417. The normalized spacial score (nSPS) is 20.1. The molecule has 1 aromatic carbocycles. The third-order valence-corrected chi connectivity index (χ3v) is 4.82. The second kappa shape index (κ2) is 4.92. The standard InChI is InChI=1S/C12H17N3O3S/c13-11(16)12(10-4-2-1-3-5-10)6-8-15(9-7-12)19(14,17)18/h1-5H,6-9H2,(H2,13,16)(H2,14,17,18). The maximum atomic E-state index is 11.9. The number of hydrogen-bond acceptors (Lipinski definition) is 3. The van der Waals surface area contributed by atoms with E-state index in [0.717, 1.165) is 5.56 Å². The number of nitrogens with two attached hydrogens (primary N) is 2. The Kier molecular flexibility index (Phi) is 3.62. The van der Waals surface area contributed by atoms with E-state index in [2.05, 4.69) is 0 Å². The summed E-state index contributed by atoms with van der Waals surface area (Å²) in [7, 11) is -3.70. The van der Waals surface area contributed by atoms with Gasteiger partial charge in [0.1, 0.15) is 0 Å². The lowest BCUT2D eigenvalue weighted by atomic mass is 9.72. The Balaban J connectivity index is 2.29. The molecule has 0 saturated carbocycles. The van der Waals surface area contributed by atoms with Crippen molar-refractivity contribution < 1.29 is 13.2 Å². The molecule has 1 saturated heterocycles. The minimum Gasteiger partial charge on any atom is -0.369 e. The lowest BCUT2D eigenvalue weighted by Gasteiger charge is -2.38. The molecule has 104 valence electrons. The quantitative estimate of drug-likeness (QED) is 0.796. The largest absolute Gasteiger partial charge is 0.369 e. The molecule has 2 rings (SSSR count). The summed E-state index contributed by atoms with van der Waals surface area (Å²) in [5.41, 5.74) is 5.58. The molecular formula is C12H17N3O3S. The zero-order chi connectivity index (χ0) is 14.1. The molecule has 1 fully saturated rings. The van der Waals surface area contributed by atoms with Gasteiger partial charge in [-0.1, -0.05) is 30.3 Å². The Morgan fingerprint density at radius 1 is 1.16 bits per heavy atom. The molecule has 1 heterocycles. The van der Waals surface area contributed by atoms with Crippen LogP contribution in [-0.2, 0) is 20.4 Å². The SMILES string of the molecule is NC(=O)C1(c2ccccc2)CCN(S(N)(=O)=O)CC1. The summed E-state index contributed by atoms with van der Waals surface area (Å²) in [6, 6.07) is 9.23. The summed E-state index contributed by atoms with van der Waals surface area (Å²) >= 11 is 0. The third-order valence-electron chi connectivity index (χ3n) is 3.73. The van der Waals surface area contributed by atoms with E-state index < -0.39 is 21.5 Å². The number of hydrogen-bond donors (Lipinski definition) is 2. The number of primary amides is 1. The molecular weight excluding hydrogens is 266 g/mol. The Bertz CT molecular complexity index is 563. The molecule has 0 spiro atoms. The van der Waals surface area contributed by atoms with Crippen molar-refractivity contribution >= 4 is 16.1 Å². The van der Waals surface area contributed by atoms with E-state index in [1.807, 2.05) is 30.3 Å². The zero-order valence-electron chi connectivity index (χ0n) is 10.5. The fourth-order valence-electron chi connectivity index (χ4n) is 2.56. The summed E-state index contributed by atoms with van der Waals surface area (Å²) in [6.45, 7) is 0.410. The molecule has 0 bridgehead atoms. The third kappa shape index (κ3) is 2.63. The summed E-state index contributed by atoms with van der Waals surface area (Å²) in [4.78, 5) is 11.9. The maximum absolute atomic E-state index is 11.9. The number of benzene rings is 1. The summed E-state index contributed by atoms with van der Waals surface area (Å²) in [5.74, 6) is -0.423. The lowest BCUT2D eigenvalue weighted by molar-refractivity contribution is -0.125. The molecule has 4 N–H and O–H groups in total. The second-order valence-electron chi connectivity index (χ2n) is 4.76.